The third-order valence-electron chi connectivity index (χ3n) is 2.87. The molecule has 1 N–H and O–H groups in total. The fourth-order valence-electron chi connectivity index (χ4n) is 1.76. The smallest absolute Gasteiger partial charge is 0.333 e. The Bertz CT molecular complexity index is 372. The fraction of sp³-hybridized carbons (Fsp3) is 0.588. The van der Waals surface area contributed by atoms with E-state index in [0.29, 0.717) is 13.0 Å². The maximum atomic E-state index is 11.9. The van der Waals surface area contributed by atoms with Crippen molar-refractivity contribution in [2.75, 3.05) is 13.2 Å². The first-order valence-corrected chi connectivity index (χ1v) is 7.27. The second-order valence-electron chi connectivity index (χ2n) is 5.04. The van der Waals surface area contributed by atoms with Crippen LogP contribution >= 0.6 is 0 Å². The van der Waals surface area contributed by atoms with Gasteiger partial charge in [-0.3, -0.25) is 0 Å². The molecule has 0 radical (unpaired) electrons. The summed E-state index contributed by atoms with van der Waals surface area (Å²) < 4.78 is 5.08. The molecule has 0 amide bonds. The molecule has 0 heterocycles. The molecule has 0 atom stereocenters. The monoisotopic (exact) mass is 280 g/mol. The van der Waals surface area contributed by atoms with Gasteiger partial charge in [-0.15, -0.1) is 0 Å². The molecule has 0 rings (SSSR count). The summed E-state index contributed by atoms with van der Waals surface area (Å²) in [7, 11) is 0. The highest BCUT2D eigenvalue weighted by Gasteiger charge is 2.09. The highest BCUT2D eigenvalue weighted by Crippen LogP contribution is 2.13. The summed E-state index contributed by atoms with van der Waals surface area (Å²) in [5.74, 6) is -0.210. The minimum Gasteiger partial charge on any atom is -0.463 e. The average molecular weight is 280 g/mol. The molecular formula is C17H28O3. The van der Waals surface area contributed by atoms with Crippen molar-refractivity contribution in [1.29, 1.82) is 0 Å². The molecule has 3 heteroatoms. The normalized spacial score (nSPS) is 12.2. The highest BCUT2D eigenvalue weighted by atomic mass is 16.5. The number of aliphatic hydroxyl groups excluding tert-OH is 1. The van der Waals surface area contributed by atoms with E-state index in [2.05, 4.69) is 19.9 Å². The van der Waals surface area contributed by atoms with Gasteiger partial charge >= 0.3 is 5.97 Å². The van der Waals surface area contributed by atoms with Crippen molar-refractivity contribution in [3.05, 3.63) is 34.9 Å². The standard InChI is InChI=1S/C17H28O3/c1-5-20-17(19)16(10-6-8-14(2)3)11-7-9-15(4)12-13-18/h8,11-12,18H,5-7,9-10,13H2,1-4H3. The van der Waals surface area contributed by atoms with E-state index in [1.54, 1.807) is 6.08 Å². The summed E-state index contributed by atoms with van der Waals surface area (Å²) in [4.78, 5) is 11.9. The third kappa shape index (κ3) is 9.56. The molecule has 0 unspecified atom stereocenters. The van der Waals surface area contributed by atoms with E-state index in [1.165, 1.54) is 5.57 Å². The molecule has 0 aromatic carbocycles. The molecule has 114 valence electrons. The van der Waals surface area contributed by atoms with E-state index in [1.807, 2.05) is 19.9 Å². The Morgan fingerprint density at radius 3 is 2.25 bits per heavy atom. The van der Waals surface area contributed by atoms with Gasteiger partial charge in [-0.2, -0.15) is 0 Å². The quantitative estimate of drug-likeness (QED) is 0.395. The SMILES string of the molecule is CCOC(=O)C(=CCCC(C)=CCO)CCC=C(C)C. The number of esters is 1. The molecule has 0 spiro atoms. The Labute approximate surface area is 123 Å². The molecule has 0 bridgehead atoms. The van der Waals surface area contributed by atoms with Crippen LogP contribution in [0.1, 0.15) is 53.4 Å². The van der Waals surface area contributed by atoms with Crippen LogP contribution in [0.3, 0.4) is 0 Å². The number of allylic oxidation sites excluding steroid dienone is 4. The summed E-state index contributed by atoms with van der Waals surface area (Å²) in [6.07, 6.45) is 9.11. The number of hydrogen-bond acceptors (Lipinski definition) is 3. The minimum atomic E-state index is -0.210. The lowest BCUT2D eigenvalue weighted by Crippen LogP contribution is -2.07. The molecule has 0 aliphatic rings. The highest BCUT2D eigenvalue weighted by molar-refractivity contribution is 5.88. The van der Waals surface area contributed by atoms with E-state index < -0.39 is 0 Å². The van der Waals surface area contributed by atoms with E-state index in [4.69, 9.17) is 9.84 Å². The Balaban J connectivity index is 4.54. The zero-order valence-corrected chi connectivity index (χ0v) is 13.2. The largest absolute Gasteiger partial charge is 0.463 e. The van der Waals surface area contributed by atoms with Gasteiger partial charge in [0.05, 0.1) is 13.2 Å². The van der Waals surface area contributed by atoms with Crippen LogP contribution in [-0.4, -0.2) is 24.3 Å². The predicted octanol–water partition coefficient (Wildman–Crippen LogP) is 3.94. The molecule has 0 aromatic rings. The zero-order valence-electron chi connectivity index (χ0n) is 13.2. The molecule has 0 saturated carbocycles. The van der Waals surface area contributed by atoms with Crippen LogP contribution in [0.5, 0.6) is 0 Å². The van der Waals surface area contributed by atoms with E-state index >= 15 is 0 Å². The van der Waals surface area contributed by atoms with Gasteiger partial charge < -0.3 is 9.84 Å². The number of carbonyl (C=O) groups is 1. The number of ether oxygens (including phenoxy) is 1. The second kappa shape index (κ2) is 11.5. The van der Waals surface area contributed by atoms with Crippen LogP contribution in [0.25, 0.3) is 0 Å². The molecular weight excluding hydrogens is 252 g/mol. The fourth-order valence-corrected chi connectivity index (χ4v) is 1.76. The Morgan fingerprint density at radius 1 is 1.05 bits per heavy atom. The van der Waals surface area contributed by atoms with Gasteiger partial charge in [-0.1, -0.05) is 29.4 Å². The van der Waals surface area contributed by atoms with Crippen molar-refractivity contribution >= 4 is 5.97 Å². The third-order valence-corrected chi connectivity index (χ3v) is 2.87. The van der Waals surface area contributed by atoms with Crippen LogP contribution in [0.4, 0.5) is 0 Å². The molecule has 0 aliphatic carbocycles. The van der Waals surface area contributed by atoms with Crippen molar-refractivity contribution in [3.63, 3.8) is 0 Å². The van der Waals surface area contributed by atoms with Gasteiger partial charge in [0.1, 0.15) is 0 Å². The van der Waals surface area contributed by atoms with Crippen molar-refractivity contribution in [1.82, 2.24) is 0 Å². The number of hydrogen-bond donors (Lipinski definition) is 1. The second-order valence-corrected chi connectivity index (χ2v) is 5.04. The lowest BCUT2D eigenvalue weighted by molar-refractivity contribution is -0.138. The molecule has 0 aliphatic heterocycles. The van der Waals surface area contributed by atoms with Crippen molar-refractivity contribution < 1.29 is 14.6 Å². The Kier molecular flexibility index (Phi) is 10.7. The zero-order chi connectivity index (χ0) is 15.4. The Morgan fingerprint density at radius 2 is 1.70 bits per heavy atom. The Hall–Kier alpha value is -1.35. The van der Waals surface area contributed by atoms with Gasteiger partial charge in [0.2, 0.25) is 0 Å². The van der Waals surface area contributed by atoms with Crippen molar-refractivity contribution in [3.8, 4) is 0 Å². The van der Waals surface area contributed by atoms with Crippen molar-refractivity contribution in [2.45, 2.75) is 53.4 Å². The number of carbonyl (C=O) groups excluding carboxylic acids is 1. The lowest BCUT2D eigenvalue weighted by Gasteiger charge is -2.06. The summed E-state index contributed by atoms with van der Waals surface area (Å²) >= 11 is 0. The van der Waals surface area contributed by atoms with Crippen LogP contribution < -0.4 is 0 Å². The van der Waals surface area contributed by atoms with Gasteiger partial charge in [-0.25, -0.2) is 4.79 Å². The van der Waals surface area contributed by atoms with E-state index in [9.17, 15) is 4.79 Å². The minimum absolute atomic E-state index is 0.0703. The van der Waals surface area contributed by atoms with Crippen LogP contribution in [0.15, 0.2) is 34.9 Å². The summed E-state index contributed by atoms with van der Waals surface area (Å²) in [6.45, 7) is 8.38. The maximum Gasteiger partial charge on any atom is 0.333 e. The first kappa shape index (κ1) is 18.7. The van der Waals surface area contributed by atoms with Gasteiger partial charge in [0.25, 0.3) is 0 Å². The number of aliphatic hydroxyl groups is 1. The molecule has 3 nitrogen and oxygen atoms in total. The predicted molar refractivity (Wildman–Crippen MR) is 83.5 cm³/mol. The number of rotatable bonds is 9. The summed E-state index contributed by atoms with van der Waals surface area (Å²) in [5, 5.41) is 8.80. The maximum absolute atomic E-state index is 11.9. The molecule has 20 heavy (non-hydrogen) atoms. The lowest BCUT2D eigenvalue weighted by atomic mass is 10.1. The van der Waals surface area contributed by atoms with Gasteiger partial charge in [-0.05, 0) is 53.4 Å². The topological polar surface area (TPSA) is 46.5 Å². The summed E-state index contributed by atoms with van der Waals surface area (Å²) in [5.41, 5.74) is 3.15. The first-order chi connectivity index (χ1) is 9.51. The van der Waals surface area contributed by atoms with Gasteiger partial charge in [0, 0.05) is 5.57 Å². The molecule has 0 saturated heterocycles. The van der Waals surface area contributed by atoms with Crippen LogP contribution in [0.2, 0.25) is 0 Å². The van der Waals surface area contributed by atoms with Crippen LogP contribution in [-0.2, 0) is 9.53 Å². The molecule has 0 aromatic heterocycles. The first-order valence-electron chi connectivity index (χ1n) is 7.27. The van der Waals surface area contributed by atoms with E-state index in [-0.39, 0.29) is 12.6 Å². The summed E-state index contributed by atoms with van der Waals surface area (Å²) in [6, 6.07) is 0. The average Bonchev–Trinajstić information content (AvgIpc) is 2.37. The van der Waals surface area contributed by atoms with E-state index in [0.717, 1.165) is 30.4 Å². The van der Waals surface area contributed by atoms with Gasteiger partial charge in [0.15, 0.2) is 0 Å². The molecule has 0 fully saturated rings. The van der Waals surface area contributed by atoms with Crippen molar-refractivity contribution in [2.24, 2.45) is 0 Å². The van der Waals surface area contributed by atoms with Crippen LogP contribution in [0, 0.1) is 0 Å².